The Hall–Kier alpha value is -3.93. The maximum absolute atomic E-state index is 7.45. The van der Waals surface area contributed by atoms with Crippen LogP contribution in [0.2, 0.25) is 0 Å². The van der Waals surface area contributed by atoms with Gasteiger partial charge in [0.05, 0.1) is 0 Å². The average Bonchev–Trinajstić information content (AvgIpc) is 3.16. The Morgan fingerprint density at radius 3 is 1.02 bits per heavy atom. The van der Waals surface area contributed by atoms with Gasteiger partial charge in [0.1, 0.15) is 17.2 Å². The van der Waals surface area contributed by atoms with Crippen molar-refractivity contribution in [3.63, 3.8) is 0 Å². The highest BCUT2D eigenvalue weighted by molar-refractivity contribution is 7.81. The van der Waals surface area contributed by atoms with Gasteiger partial charge in [0.25, 0.3) is 0 Å². The summed E-state index contributed by atoms with van der Waals surface area (Å²) in [5, 5.41) is 6.59. The van der Waals surface area contributed by atoms with E-state index < -0.39 is 22.7 Å². The molecule has 0 atom stereocenters. The van der Waals surface area contributed by atoms with Crippen LogP contribution in [0, 0.1) is 0 Å². The summed E-state index contributed by atoms with van der Waals surface area (Å²) in [6.45, 7) is 10.6. The molecule has 0 amide bonds. The monoisotopic (exact) mass is 732 g/mol. The first-order valence-corrected chi connectivity index (χ1v) is 22.4. The molecule has 4 aliphatic rings. The van der Waals surface area contributed by atoms with E-state index in [0.717, 1.165) is 66.3 Å². The second-order valence-corrected chi connectivity index (χ2v) is 20.8. The van der Waals surface area contributed by atoms with Crippen LogP contribution >= 0.6 is 22.7 Å². The molecule has 3 spiro atoms. The minimum absolute atomic E-state index is 0.661. The third kappa shape index (κ3) is 4.76. The lowest BCUT2D eigenvalue weighted by Crippen LogP contribution is -2.33. The van der Waals surface area contributed by atoms with E-state index in [1.807, 2.05) is 0 Å². The van der Waals surface area contributed by atoms with Gasteiger partial charge in [-0.3, -0.25) is 0 Å². The third-order valence-electron chi connectivity index (χ3n) is 10.5. The molecule has 51 heavy (non-hydrogen) atoms. The van der Waals surface area contributed by atoms with Crippen molar-refractivity contribution in [1.29, 1.82) is 0 Å². The van der Waals surface area contributed by atoms with Crippen molar-refractivity contribution in [2.24, 2.45) is 13.5 Å². The largest absolute Gasteiger partial charge is 0.429 e. The van der Waals surface area contributed by atoms with E-state index in [1.165, 1.54) is 0 Å². The number of hydrogen-bond acceptors (Lipinski definition) is 9. The molecule has 6 aromatic carbocycles. The fraction of sp³-hybridized carbons (Fsp3) is 0.231. The van der Waals surface area contributed by atoms with Crippen LogP contribution in [-0.4, -0.2) is 33.6 Å². The Morgan fingerprint density at radius 2 is 0.725 bits per heavy atom. The predicted molar refractivity (Wildman–Crippen MR) is 210 cm³/mol. The summed E-state index contributed by atoms with van der Waals surface area (Å²) in [7, 11) is -9.57. The van der Waals surface area contributed by atoms with Crippen LogP contribution in [0.25, 0.3) is 32.3 Å². The fourth-order valence-electron chi connectivity index (χ4n) is 7.81. The van der Waals surface area contributed by atoms with Gasteiger partial charge in [0, 0.05) is 72.1 Å². The van der Waals surface area contributed by atoms with Gasteiger partial charge < -0.3 is 13.6 Å². The number of hydrogen-bond donors (Lipinski definition) is 0. The maximum atomic E-state index is 7.45. The second-order valence-electron chi connectivity index (χ2n) is 13.3. The number of fused-ring (bicyclic) bond motifs is 9. The second kappa shape index (κ2) is 11.8. The Kier molecular flexibility index (Phi) is 7.35. The summed E-state index contributed by atoms with van der Waals surface area (Å²) in [4.78, 5) is 0. The van der Waals surface area contributed by atoms with Crippen molar-refractivity contribution in [3.05, 3.63) is 126 Å². The highest BCUT2D eigenvalue weighted by Crippen LogP contribution is 2.83. The van der Waals surface area contributed by atoms with Crippen LogP contribution in [0.4, 0.5) is 0 Å². The van der Waals surface area contributed by atoms with E-state index >= 15 is 0 Å². The molecule has 0 fully saturated rings. The Morgan fingerprint density at radius 1 is 0.431 bits per heavy atom. The van der Waals surface area contributed by atoms with Crippen LogP contribution < -0.4 is 13.6 Å². The summed E-state index contributed by atoms with van der Waals surface area (Å²) < 4.78 is 46.9. The van der Waals surface area contributed by atoms with Crippen molar-refractivity contribution in [2.45, 2.75) is 40.4 Å². The Bertz CT molecular complexity index is 2310. The first-order chi connectivity index (χ1) is 25.0. The molecule has 0 aromatic heterocycles. The molecule has 0 saturated carbocycles. The zero-order valence-electron chi connectivity index (χ0n) is 28.9. The molecule has 4 aliphatic heterocycles. The van der Waals surface area contributed by atoms with Gasteiger partial charge in [-0.2, -0.15) is 0 Å². The first-order valence-electron chi connectivity index (χ1n) is 17.8. The van der Waals surface area contributed by atoms with Crippen LogP contribution in [-0.2, 0) is 19.6 Å². The molecule has 9 nitrogen and oxygen atoms in total. The molecule has 4 heterocycles. The van der Waals surface area contributed by atoms with Crippen molar-refractivity contribution >= 4 is 55.1 Å². The normalized spacial score (nSPS) is 25.7. The first kappa shape index (κ1) is 31.8. The van der Waals surface area contributed by atoms with E-state index in [4.69, 9.17) is 27.1 Å². The van der Waals surface area contributed by atoms with Gasteiger partial charge in [0.2, 0.25) is 0 Å². The van der Waals surface area contributed by atoms with Gasteiger partial charge in [-0.25, -0.2) is 14.0 Å². The van der Waals surface area contributed by atoms with Crippen molar-refractivity contribution < 1.29 is 13.6 Å². The topological polar surface area (TPSA) is 74.5 Å². The maximum Gasteiger partial charge on any atom is 0.337 e. The highest BCUT2D eigenvalue weighted by atomic mass is 31.3. The number of nitrogens with zero attached hydrogens (tertiary/aromatic N) is 6. The van der Waals surface area contributed by atoms with Gasteiger partial charge in [-0.1, -0.05) is 130 Å². The lowest BCUT2D eigenvalue weighted by Gasteiger charge is -2.47. The van der Waals surface area contributed by atoms with Crippen LogP contribution in [0.5, 0.6) is 17.2 Å². The van der Waals surface area contributed by atoms with Gasteiger partial charge in [-0.05, 0) is 16.2 Å². The standard InChI is InChI=1S/C39H39N6O3P3/c1-4-43-25-31-22-19-28-13-7-10-16-34(28)37(31)46-49(43)40-50(44(5-2)26-32-23-20-29-14-8-11-17-35(29)38(32)47-50)42-51(41-49)45(6-3)27-33-24-21-30-15-9-12-18-36(30)39(33)48-51/h7-24H,4-6,25-27H2,1-3H3. The minimum atomic E-state index is -3.19. The molecule has 0 bridgehead atoms. The van der Waals surface area contributed by atoms with Crippen LogP contribution in [0.1, 0.15) is 37.5 Å². The molecule has 12 heteroatoms. The van der Waals surface area contributed by atoms with E-state index in [0.29, 0.717) is 39.3 Å². The van der Waals surface area contributed by atoms with Crippen molar-refractivity contribution in [1.82, 2.24) is 14.0 Å². The van der Waals surface area contributed by atoms with Gasteiger partial charge in [-0.15, -0.1) is 13.5 Å². The molecular formula is C39H39N6O3P3. The molecule has 10 rings (SSSR count). The van der Waals surface area contributed by atoms with Gasteiger partial charge in [0.15, 0.2) is 0 Å². The molecular weight excluding hydrogens is 693 g/mol. The smallest absolute Gasteiger partial charge is 0.337 e. The summed E-state index contributed by atoms with van der Waals surface area (Å²) in [5.41, 5.74) is 3.40. The fourth-order valence-corrected chi connectivity index (χ4v) is 20.3. The SMILES string of the molecule is CCN1Cc2ccc3ccccc3c2OP12=NP1(=NP3(=N2)Oc2c(ccc4ccccc24)CN3CC)Oc2c(ccc3ccccc23)CN1CC. The zero-order valence-corrected chi connectivity index (χ0v) is 31.6. The average molecular weight is 733 g/mol. The Labute approximate surface area is 298 Å². The zero-order chi connectivity index (χ0) is 34.4. The summed E-state index contributed by atoms with van der Waals surface area (Å²) in [6, 6.07) is 38.4. The molecule has 6 aromatic rings. The lowest BCUT2D eigenvalue weighted by atomic mass is 10.1. The molecule has 0 saturated heterocycles. The third-order valence-corrected chi connectivity index (χ3v) is 20.8. The van der Waals surface area contributed by atoms with E-state index in [2.05, 4.69) is 144 Å². The number of benzene rings is 6. The Balaban J connectivity index is 1.30. The summed E-state index contributed by atoms with van der Waals surface area (Å²) in [5.74, 6) is 2.57. The summed E-state index contributed by atoms with van der Waals surface area (Å²) >= 11 is 0. The number of rotatable bonds is 3. The molecule has 0 unspecified atom stereocenters. The van der Waals surface area contributed by atoms with Crippen molar-refractivity contribution in [2.75, 3.05) is 19.6 Å². The van der Waals surface area contributed by atoms with E-state index in [-0.39, 0.29) is 0 Å². The molecule has 0 aliphatic carbocycles. The van der Waals surface area contributed by atoms with Crippen LogP contribution in [0.15, 0.2) is 123 Å². The quantitative estimate of drug-likeness (QED) is 0.169. The van der Waals surface area contributed by atoms with Gasteiger partial charge >= 0.3 is 22.7 Å². The van der Waals surface area contributed by atoms with Crippen LogP contribution in [0.3, 0.4) is 0 Å². The molecule has 0 N–H and O–H groups in total. The van der Waals surface area contributed by atoms with E-state index in [9.17, 15) is 0 Å². The van der Waals surface area contributed by atoms with Crippen molar-refractivity contribution in [3.8, 4) is 17.2 Å². The summed E-state index contributed by atoms with van der Waals surface area (Å²) in [6.07, 6.45) is 0. The minimum Gasteiger partial charge on any atom is -0.429 e. The molecule has 0 radical (unpaired) electrons. The predicted octanol–water partition coefficient (Wildman–Crippen LogP) is 12.0. The van der Waals surface area contributed by atoms with E-state index in [1.54, 1.807) is 0 Å². The highest BCUT2D eigenvalue weighted by Gasteiger charge is 2.53. The molecule has 258 valence electrons. The lowest BCUT2D eigenvalue weighted by molar-refractivity contribution is 0.359.